The zero-order valence-electron chi connectivity index (χ0n) is 22.8. The maximum atomic E-state index is 12.6. The van der Waals surface area contributed by atoms with E-state index in [-0.39, 0.29) is 10.8 Å². The number of Topliss-reactive ketones (excluding diaryl/α,β-unsaturated/α-hetero) is 1. The minimum Gasteiger partial charge on any atom is -0.452 e. The number of ketones is 1. The van der Waals surface area contributed by atoms with Crippen molar-refractivity contribution in [3.05, 3.63) is 47.5 Å². The van der Waals surface area contributed by atoms with E-state index in [9.17, 15) is 9.59 Å². The smallest absolute Gasteiger partial charge is 0.340 e. The van der Waals surface area contributed by atoms with Gasteiger partial charge in [-0.2, -0.15) is 0 Å². The van der Waals surface area contributed by atoms with Crippen molar-refractivity contribution in [2.24, 2.45) is 5.92 Å². The van der Waals surface area contributed by atoms with E-state index >= 15 is 0 Å². The first-order chi connectivity index (χ1) is 15.8. The fraction of sp³-hybridized carbons (Fsp3) is 0.643. The Morgan fingerprint density at radius 3 is 2.24 bits per heavy atom. The highest BCUT2D eigenvalue weighted by atomic mass is 28.4. The van der Waals surface area contributed by atoms with Gasteiger partial charge in [0.05, 0.1) is 0 Å². The number of hydrogen-bond acceptors (Lipinski definition) is 5. The van der Waals surface area contributed by atoms with Crippen molar-refractivity contribution in [2.75, 3.05) is 13.7 Å². The van der Waals surface area contributed by atoms with Crippen LogP contribution >= 0.6 is 0 Å². The molecule has 0 N–H and O–H groups in total. The van der Waals surface area contributed by atoms with Crippen LogP contribution in [0.3, 0.4) is 0 Å². The van der Waals surface area contributed by atoms with E-state index in [2.05, 4.69) is 47.7 Å². The van der Waals surface area contributed by atoms with Gasteiger partial charge in [0.1, 0.15) is 0 Å². The summed E-state index contributed by atoms with van der Waals surface area (Å²) >= 11 is 0. The van der Waals surface area contributed by atoms with Gasteiger partial charge in [-0.05, 0) is 62.7 Å². The van der Waals surface area contributed by atoms with Crippen LogP contribution < -0.4 is 0 Å². The molecule has 0 unspecified atom stereocenters. The van der Waals surface area contributed by atoms with Crippen molar-refractivity contribution >= 4 is 20.1 Å². The number of rotatable bonds is 14. The lowest BCUT2D eigenvalue weighted by Crippen LogP contribution is -2.41. The van der Waals surface area contributed by atoms with Gasteiger partial charge < -0.3 is 13.9 Å². The van der Waals surface area contributed by atoms with Gasteiger partial charge >= 0.3 is 5.97 Å². The van der Waals surface area contributed by atoms with Crippen LogP contribution in [0.4, 0.5) is 0 Å². The van der Waals surface area contributed by atoms with Crippen molar-refractivity contribution in [1.82, 2.24) is 0 Å². The first-order valence-electron chi connectivity index (χ1n) is 12.4. The molecule has 0 saturated carbocycles. The third-order valence-corrected chi connectivity index (χ3v) is 11.2. The first-order valence-corrected chi connectivity index (χ1v) is 15.3. The summed E-state index contributed by atoms with van der Waals surface area (Å²) in [7, 11) is -0.242. The molecule has 192 valence electrons. The number of benzene rings is 1. The average molecular weight is 491 g/mol. The molecule has 0 bridgehead atoms. The molecule has 1 rings (SSSR count). The summed E-state index contributed by atoms with van der Waals surface area (Å²) in [6.45, 7) is 18.0. The van der Waals surface area contributed by atoms with Crippen LogP contribution in [0, 0.1) is 5.92 Å². The van der Waals surface area contributed by atoms with Crippen LogP contribution in [0.1, 0.15) is 78.9 Å². The van der Waals surface area contributed by atoms with E-state index in [1.807, 2.05) is 24.3 Å². The van der Waals surface area contributed by atoms with E-state index in [0.29, 0.717) is 17.9 Å². The Hall–Kier alpha value is -1.76. The van der Waals surface area contributed by atoms with Gasteiger partial charge in [-0.3, -0.25) is 4.79 Å². The third kappa shape index (κ3) is 10.2. The van der Waals surface area contributed by atoms with Gasteiger partial charge in [0.2, 0.25) is 0 Å². The lowest BCUT2D eigenvalue weighted by atomic mass is 10.0. The van der Waals surface area contributed by atoms with Gasteiger partial charge in [0.15, 0.2) is 26.3 Å². The van der Waals surface area contributed by atoms with E-state index in [1.165, 1.54) is 19.6 Å². The first kappa shape index (κ1) is 30.3. The maximum Gasteiger partial charge on any atom is 0.340 e. The summed E-state index contributed by atoms with van der Waals surface area (Å²) in [5, 5.41) is 0.229. The molecular weight excluding hydrogens is 444 g/mol. The minimum absolute atomic E-state index is 0.170. The fourth-order valence-electron chi connectivity index (χ4n) is 3.29. The summed E-state index contributed by atoms with van der Waals surface area (Å²) in [6, 6.07) is 9.16. The predicted molar refractivity (Wildman–Crippen MR) is 141 cm³/mol. The zero-order valence-corrected chi connectivity index (χ0v) is 23.8. The highest BCUT2D eigenvalue weighted by Gasteiger charge is 2.37. The number of methoxy groups -OCH3 is 1. The third-order valence-electron chi connectivity index (χ3n) is 6.75. The molecule has 0 aliphatic rings. The number of carbonyl (C=O) groups excluding carboxylic acids is 2. The standard InChI is InChI=1S/C28H46O5Si/c1-21(14-13-15-22(2)20-32-34(8,9)28(4,5)6)18-19-25(23(3)29)33-27(30)26(31-7)24-16-11-10-12-17-24/h10-12,16-18,22,25-26H,13-15,19-20H2,1-9H3/t22-,25-,26+/m0/s1. The molecule has 0 spiro atoms. The molecule has 0 fully saturated rings. The topological polar surface area (TPSA) is 61.8 Å². The summed E-state index contributed by atoms with van der Waals surface area (Å²) in [4.78, 5) is 24.8. The predicted octanol–water partition coefficient (Wildman–Crippen LogP) is 7.04. The Kier molecular flexibility index (Phi) is 12.4. The van der Waals surface area contributed by atoms with Gasteiger partial charge in [-0.25, -0.2) is 4.79 Å². The molecule has 34 heavy (non-hydrogen) atoms. The fourth-order valence-corrected chi connectivity index (χ4v) is 4.42. The average Bonchev–Trinajstić information content (AvgIpc) is 2.75. The molecule has 0 aliphatic heterocycles. The van der Waals surface area contributed by atoms with Crippen molar-refractivity contribution in [1.29, 1.82) is 0 Å². The van der Waals surface area contributed by atoms with Crippen LogP contribution in [-0.2, 0) is 23.5 Å². The molecule has 1 aromatic carbocycles. The quantitative estimate of drug-likeness (QED) is 0.159. The Morgan fingerprint density at radius 1 is 1.09 bits per heavy atom. The number of allylic oxidation sites excluding steroid dienone is 1. The summed E-state index contributed by atoms with van der Waals surface area (Å²) in [5.41, 5.74) is 1.90. The van der Waals surface area contributed by atoms with Crippen LogP contribution in [0.2, 0.25) is 18.1 Å². The molecule has 3 atom stereocenters. The molecule has 0 saturated heterocycles. The van der Waals surface area contributed by atoms with Gasteiger partial charge in [-0.1, -0.05) is 69.7 Å². The molecule has 1 aromatic rings. The van der Waals surface area contributed by atoms with E-state index in [1.54, 1.807) is 12.1 Å². The Morgan fingerprint density at radius 2 is 1.71 bits per heavy atom. The monoisotopic (exact) mass is 490 g/mol. The molecule has 0 aliphatic carbocycles. The molecule has 0 radical (unpaired) electrons. The Bertz CT molecular complexity index is 795. The molecular formula is C28H46O5Si. The van der Waals surface area contributed by atoms with Crippen LogP contribution in [-0.4, -0.2) is 39.9 Å². The summed E-state index contributed by atoms with van der Waals surface area (Å²) in [6.07, 6.45) is 3.85. The van der Waals surface area contributed by atoms with E-state index in [0.717, 1.165) is 25.9 Å². The highest BCUT2D eigenvalue weighted by molar-refractivity contribution is 6.74. The molecule has 5 nitrogen and oxygen atoms in total. The van der Waals surface area contributed by atoms with Crippen LogP contribution in [0.5, 0.6) is 0 Å². The van der Waals surface area contributed by atoms with E-state index < -0.39 is 26.5 Å². The van der Waals surface area contributed by atoms with Crippen molar-refractivity contribution in [3.63, 3.8) is 0 Å². The normalized spacial score (nSPS) is 15.5. The SMILES string of the molecule is CO[C@@H](C(=O)O[C@@H](CC=C(C)CCC[C@H](C)CO[Si](C)(C)C(C)(C)C)C(C)=O)c1ccccc1. The highest BCUT2D eigenvalue weighted by Crippen LogP contribution is 2.37. The van der Waals surface area contributed by atoms with Crippen molar-refractivity contribution in [3.8, 4) is 0 Å². The maximum absolute atomic E-state index is 12.6. The minimum atomic E-state index is -1.70. The zero-order chi connectivity index (χ0) is 25.9. The number of esters is 1. The summed E-state index contributed by atoms with van der Waals surface area (Å²) in [5.74, 6) is -0.205. The van der Waals surface area contributed by atoms with Crippen molar-refractivity contribution in [2.45, 2.75) is 97.6 Å². The Balaban J connectivity index is 2.53. The molecule has 0 aromatic heterocycles. The summed E-state index contributed by atoms with van der Waals surface area (Å²) < 4.78 is 17.2. The lowest BCUT2D eigenvalue weighted by molar-refractivity contribution is -0.164. The van der Waals surface area contributed by atoms with Crippen LogP contribution in [0.25, 0.3) is 0 Å². The Labute approximate surface area is 208 Å². The second-order valence-corrected chi connectivity index (χ2v) is 15.7. The van der Waals surface area contributed by atoms with Crippen molar-refractivity contribution < 1.29 is 23.5 Å². The van der Waals surface area contributed by atoms with Gasteiger partial charge in [0, 0.05) is 20.1 Å². The largest absolute Gasteiger partial charge is 0.452 e. The number of hydrogen-bond donors (Lipinski definition) is 0. The second kappa shape index (κ2) is 14.0. The second-order valence-electron chi connectivity index (χ2n) is 10.9. The van der Waals surface area contributed by atoms with E-state index in [4.69, 9.17) is 13.9 Å². The van der Waals surface area contributed by atoms with Gasteiger partial charge in [-0.15, -0.1) is 0 Å². The van der Waals surface area contributed by atoms with Crippen LogP contribution in [0.15, 0.2) is 42.0 Å². The molecule has 0 heterocycles. The van der Waals surface area contributed by atoms with Gasteiger partial charge in [0.25, 0.3) is 0 Å². The number of carbonyl (C=O) groups is 2. The molecule has 0 amide bonds. The molecule has 6 heteroatoms. The lowest BCUT2D eigenvalue weighted by Gasteiger charge is -2.37. The number of ether oxygens (including phenoxy) is 2.